The highest BCUT2D eigenvalue weighted by molar-refractivity contribution is 4.72. The smallest absolute Gasteiger partial charge is 0.102 e. The molecule has 1 saturated heterocycles. The van der Waals surface area contributed by atoms with Crippen LogP contribution in [0, 0.1) is 5.92 Å². The topological polar surface area (TPSA) is 15.3 Å². The highest BCUT2D eigenvalue weighted by Crippen LogP contribution is 2.15. The molecule has 1 aliphatic heterocycles. The standard InChI is InChI=1S/C10H21FN2/c1-2-13-7-3-10(4-8-13)9-12-6-5-11/h10,12H,2-9H2,1H3. The SMILES string of the molecule is CCN1CCC(CNCCF)CC1. The van der Waals surface area contributed by atoms with Crippen LogP contribution in [0.15, 0.2) is 0 Å². The molecule has 0 aromatic carbocycles. The van der Waals surface area contributed by atoms with Crippen molar-refractivity contribution in [2.45, 2.75) is 19.8 Å². The summed E-state index contributed by atoms with van der Waals surface area (Å²) >= 11 is 0. The number of likely N-dealkylation sites (tertiary alicyclic amines) is 1. The summed E-state index contributed by atoms with van der Waals surface area (Å²) in [5.41, 5.74) is 0. The zero-order valence-corrected chi connectivity index (χ0v) is 8.56. The fourth-order valence-electron chi connectivity index (χ4n) is 1.88. The molecule has 0 atom stereocenters. The minimum absolute atomic E-state index is 0.242. The monoisotopic (exact) mass is 188 g/mol. The lowest BCUT2D eigenvalue weighted by molar-refractivity contribution is 0.190. The second-order valence-electron chi connectivity index (χ2n) is 3.77. The maximum absolute atomic E-state index is 11.8. The van der Waals surface area contributed by atoms with Crippen LogP contribution in [0.2, 0.25) is 0 Å². The van der Waals surface area contributed by atoms with Crippen molar-refractivity contribution in [3.8, 4) is 0 Å². The average Bonchev–Trinajstić information content (AvgIpc) is 2.19. The van der Waals surface area contributed by atoms with Crippen LogP contribution in [0.3, 0.4) is 0 Å². The van der Waals surface area contributed by atoms with Crippen molar-refractivity contribution in [3.63, 3.8) is 0 Å². The molecule has 0 amide bonds. The van der Waals surface area contributed by atoms with E-state index in [4.69, 9.17) is 0 Å². The first-order chi connectivity index (χ1) is 6.36. The van der Waals surface area contributed by atoms with Crippen molar-refractivity contribution in [2.24, 2.45) is 5.92 Å². The molecular formula is C10H21FN2. The third kappa shape index (κ3) is 4.05. The largest absolute Gasteiger partial charge is 0.314 e. The Morgan fingerprint density at radius 3 is 2.62 bits per heavy atom. The van der Waals surface area contributed by atoms with Gasteiger partial charge in [0.15, 0.2) is 0 Å². The lowest BCUT2D eigenvalue weighted by Crippen LogP contribution is -2.37. The number of alkyl halides is 1. The molecular weight excluding hydrogens is 167 g/mol. The van der Waals surface area contributed by atoms with E-state index in [0.717, 1.165) is 12.5 Å². The fourth-order valence-corrected chi connectivity index (χ4v) is 1.88. The normalized spacial score (nSPS) is 20.8. The van der Waals surface area contributed by atoms with Gasteiger partial charge in [-0.3, -0.25) is 0 Å². The van der Waals surface area contributed by atoms with Gasteiger partial charge < -0.3 is 10.2 Å². The lowest BCUT2D eigenvalue weighted by Gasteiger charge is -2.31. The molecule has 78 valence electrons. The molecule has 13 heavy (non-hydrogen) atoms. The third-order valence-corrected chi connectivity index (χ3v) is 2.86. The van der Waals surface area contributed by atoms with E-state index in [9.17, 15) is 4.39 Å². The molecule has 0 aromatic rings. The molecule has 2 nitrogen and oxygen atoms in total. The Morgan fingerprint density at radius 2 is 2.08 bits per heavy atom. The Balaban J connectivity index is 2.03. The summed E-state index contributed by atoms with van der Waals surface area (Å²) in [6.07, 6.45) is 2.54. The molecule has 0 saturated carbocycles. The molecule has 0 spiro atoms. The highest BCUT2D eigenvalue weighted by Gasteiger charge is 2.16. The van der Waals surface area contributed by atoms with Crippen molar-refractivity contribution in [1.29, 1.82) is 0 Å². The number of nitrogens with one attached hydrogen (secondary N) is 1. The maximum atomic E-state index is 11.8. The quantitative estimate of drug-likeness (QED) is 0.654. The van der Waals surface area contributed by atoms with Crippen LogP contribution in [0.4, 0.5) is 4.39 Å². The van der Waals surface area contributed by atoms with E-state index in [2.05, 4.69) is 17.1 Å². The van der Waals surface area contributed by atoms with Gasteiger partial charge in [0.05, 0.1) is 0 Å². The summed E-state index contributed by atoms with van der Waals surface area (Å²) in [6, 6.07) is 0. The molecule has 1 fully saturated rings. The van der Waals surface area contributed by atoms with Gasteiger partial charge >= 0.3 is 0 Å². The molecule has 1 heterocycles. The number of piperidine rings is 1. The van der Waals surface area contributed by atoms with Crippen molar-refractivity contribution >= 4 is 0 Å². The number of hydrogen-bond acceptors (Lipinski definition) is 2. The minimum atomic E-state index is -0.242. The van der Waals surface area contributed by atoms with Gasteiger partial charge in [0.1, 0.15) is 6.67 Å². The minimum Gasteiger partial charge on any atom is -0.314 e. The molecule has 1 rings (SSSR count). The zero-order valence-electron chi connectivity index (χ0n) is 8.56. The van der Waals surface area contributed by atoms with Gasteiger partial charge in [-0.15, -0.1) is 0 Å². The van der Waals surface area contributed by atoms with Crippen LogP contribution < -0.4 is 5.32 Å². The van der Waals surface area contributed by atoms with Gasteiger partial charge in [-0.25, -0.2) is 4.39 Å². The number of rotatable bonds is 5. The van der Waals surface area contributed by atoms with Crippen LogP contribution in [0.25, 0.3) is 0 Å². The van der Waals surface area contributed by atoms with Gasteiger partial charge in [-0.05, 0) is 44.9 Å². The molecule has 0 radical (unpaired) electrons. The summed E-state index contributed by atoms with van der Waals surface area (Å²) in [7, 11) is 0. The summed E-state index contributed by atoms with van der Waals surface area (Å²) < 4.78 is 11.8. The molecule has 1 N–H and O–H groups in total. The first-order valence-corrected chi connectivity index (χ1v) is 5.35. The average molecular weight is 188 g/mol. The lowest BCUT2D eigenvalue weighted by atomic mass is 9.97. The van der Waals surface area contributed by atoms with Gasteiger partial charge in [0, 0.05) is 6.54 Å². The molecule has 1 aliphatic rings. The predicted octanol–water partition coefficient (Wildman–Crippen LogP) is 1.28. The molecule has 0 unspecified atom stereocenters. The first kappa shape index (κ1) is 10.9. The summed E-state index contributed by atoms with van der Waals surface area (Å²) in [5.74, 6) is 0.773. The van der Waals surface area contributed by atoms with E-state index in [-0.39, 0.29) is 6.67 Å². The van der Waals surface area contributed by atoms with E-state index in [0.29, 0.717) is 6.54 Å². The zero-order chi connectivity index (χ0) is 9.52. The first-order valence-electron chi connectivity index (χ1n) is 5.35. The molecule has 0 bridgehead atoms. The van der Waals surface area contributed by atoms with Crippen molar-refractivity contribution < 1.29 is 4.39 Å². The van der Waals surface area contributed by atoms with E-state index >= 15 is 0 Å². The summed E-state index contributed by atoms with van der Waals surface area (Å²) in [6.45, 7) is 7.10. The van der Waals surface area contributed by atoms with Crippen LogP contribution in [-0.4, -0.2) is 44.3 Å². The summed E-state index contributed by atoms with van der Waals surface area (Å²) in [5, 5.41) is 3.14. The van der Waals surface area contributed by atoms with E-state index < -0.39 is 0 Å². The summed E-state index contributed by atoms with van der Waals surface area (Å²) in [4.78, 5) is 2.48. The fraction of sp³-hybridized carbons (Fsp3) is 1.00. The van der Waals surface area contributed by atoms with Gasteiger partial charge in [0.2, 0.25) is 0 Å². The van der Waals surface area contributed by atoms with Crippen LogP contribution >= 0.6 is 0 Å². The molecule has 0 aliphatic carbocycles. The van der Waals surface area contributed by atoms with E-state index in [1.54, 1.807) is 0 Å². The Hall–Kier alpha value is -0.150. The van der Waals surface area contributed by atoms with Crippen molar-refractivity contribution in [2.75, 3.05) is 39.4 Å². The number of nitrogens with zero attached hydrogens (tertiary/aromatic N) is 1. The van der Waals surface area contributed by atoms with Crippen LogP contribution in [0.5, 0.6) is 0 Å². The second-order valence-corrected chi connectivity index (χ2v) is 3.77. The molecule has 0 aromatic heterocycles. The Labute approximate surface area is 80.5 Å². The second kappa shape index (κ2) is 6.33. The van der Waals surface area contributed by atoms with E-state index in [1.165, 1.54) is 32.5 Å². The molecule has 3 heteroatoms. The Kier molecular flexibility index (Phi) is 5.32. The van der Waals surface area contributed by atoms with Gasteiger partial charge in [-0.2, -0.15) is 0 Å². The van der Waals surface area contributed by atoms with Crippen LogP contribution in [0.1, 0.15) is 19.8 Å². The van der Waals surface area contributed by atoms with E-state index in [1.807, 2.05) is 0 Å². The van der Waals surface area contributed by atoms with Gasteiger partial charge in [0.25, 0.3) is 0 Å². The number of hydrogen-bond donors (Lipinski definition) is 1. The van der Waals surface area contributed by atoms with Crippen LogP contribution in [-0.2, 0) is 0 Å². The Morgan fingerprint density at radius 1 is 1.38 bits per heavy atom. The Bertz CT molecular complexity index is 119. The highest BCUT2D eigenvalue weighted by atomic mass is 19.1. The predicted molar refractivity (Wildman–Crippen MR) is 53.7 cm³/mol. The third-order valence-electron chi connectivity index (χ3n) is 2.86. The van der Waals surface area contributed by atoms with Crippen molar-refractivity contribution in [1.82, 2.24) is 10.2 Å². The van der Waals surface area contributed by atoms with Crippen molar-refractivity contribution in [3.05, 3.63) is 0 Å². The number of halogens is 1. The maximum Gasteiger partial charge on any atom is 0.102 e. The van der Waals surface area contributed by atoms with Gasteiger partial charge in [-0.1, -0.05) is 6.92 Å².